The van der Waals surface area contributed by atoms with Crippen LogP contribution in [0.4, 0.5) is 4.79 Å². The number of hydrogen-bond donors (Lipinski definition) is 1. The van der Waals surface area contributed by atoms with Gasteiger partial charge in [-0.25, -0.2) is 4.79 Å². The molecule has 0 fully saturated rings. The molecule has 0 saturated heterocycles. The van der Waals surface area contributed by atoms with Gasteiger partial charge in [-0.15, -0.1) is 0 Å². The smallest absolute Gasteiger partial charge is 0.416 e. The lowest BCUT2D eigenvalue weighted by Crippen LogP contribution is -2.42. The Morgan fingerprint density at radius 3 is 2.59 bits per heavy atom. The second kappa shape index (κ2) is 13.9. The summed E-state index contributed by atoms with van der Waals surface area (Å²) in [6.07, 6.45) is 9.74. The van der Waals surface area contributed by atoms with Crippen LogP contribution in [0.25, 0.3) is 10.9 Å². The van der Waals surface area contributed by atoms with E-state index in [-0.39, 0.29) is 6.04 Å². The number of nitrogens with one attached hydrogen (secondary N) is 1. The van der Waals surface area contributed by atoms with Crippen LogP contribution in [-0.4, -0.2) is 46.9 Å². The maximum atomic E-state index is 13.6. The molecule has 0 aliphatic carbocycles. The molecule has 0 radical (unpaired) electrons. The van der Waals surface area contributed by atoms with Crippen LogP contribution in [0.2, 0.25) is 5.02 Å². The van der Waals surface area contributed by atoms with Crippen LogP contribution in [0.3, 0.4) is 0 Å². The highest BCUT2D eigenvalue weighted by molar-refractivity contribution is 9.10. The van der Waals surface area contributed by atoms with Gasteiger partial charge in [0.2, 0.25) is 0 Å². The van der Waals surface area contributed by atoms with Crippen molar-refractivity contribution in [2.45, 2.75) is 51.5 Å². The summed E-state index contributed by atoms with van der Waals surface area (Å²) in [5.74, 6) is 1.32. The molecule has 1 N–H and O–H groups in total. The minimum atomic E-state index is -0.391. The fraction of sp³-hybridized carbons (Fsp3) is 0.314. The number of fused-ring (bicyclic) bond motifs is 3. The van der Waals surface area contributed by atoms with Crippen LogP contribution in [0.5, 0.6) is 11.5 Å². The Labute approximate surface area is 271 Å². The van der Waals surface area contributed by atoms with Crippen molar-refractivity contribution in [1.29, 1.82) is 0 Å². The van der Waals surface area contributed by atoms with Crippen molar-refractivity contribution in [3.05, 3.63) is 105 Å². The number of unbranched alkanes of at least 4 members (excludes halogenated alkanes) is 3. The van der Waals surface area contributed by atoms with Gasteiger partial charge in [-0.2, -0.15) is 5.10 Å². The molecule has 2 aliphatic rings. The maximum Gasteiger partial charge on any atom is 0.416 e. The van der Waals surface area contributed by atoms with Crippen molar-refractivity contribution >= 4 is 50.7 Å². The molecule has 0 spiro atoms. The number of carbonyl (C=O) groups excluding carboxylic acids is 1. The second-order valence-electron chi connectivity index (χ2n) is 11.3. The highest BCUT2D eigenvalue weighted by Gasteiger charge is 2.35. The number of rotatable bonds is 10. The average Bonchev–Trinajstić information content (AvgIpc) is 3.39. The van der Waals surface area contributed by atoms with Crippen LogP contribution >= 0.6 is 27.5 Å². The number of ether oxygens (including phenoxy) is 2. The maximum absolute atomic E-state index is 13.6. The molecular formula is C35H36BrClN4O3. The first-order chi connectivity index (χ1) is 21.4. The Hall–Kier alpha value is -3.75. The number of nitrogens with zero attached hydrogens (tertiary/aromatic N) is 3. The van der Waals surface area contributed by atoms with Crippen molar-refractivity contribution in [3.63, 3.8) is 0 Å². The van der Waals surface area contributed by atoms with Gasteiger partial charge in [-0.05, 0) is 104 Å². The molecule has 228 valence electrons. The summed E-state index contributed by atoms with van der Waals surface area (Å²) < 4.78 is 12.8. The topological polar surface area (TPSA) is 70.2 Å². The van der Waals surface area contributed by atoms with Crippen molar-refractivity contribution in [2.24, 2.45) is 5.10 Å². The van der Waals surface area contributed by atoms with E-state index in [0.717, 1.165) is 71.0 Å². The largest absolute Gasteiger partial charge is 0.494 e. The zero-order valence-electron chi connectivity index (χ0n) is 24.8. The molecule has 2 aliphatic heterocycles. The van der Waals surface area contributed by atoms with E-state index in [9.17, 15) is 4.79 Å². The molecule has 4 aromatic rings. The third-order valence-electron chi connectivity index (χ3n) is 8.10. The quantitative estimate of drug-likeness (QED) is 0.170. The summed E-state index contributed by atoms with van der Waals surface area (Å²) in [6.45, 7) is 4.28. The molecule has 7 nitrogen and oxygen atoms in total. The molecule has 9 heteroatoms. The van der Waals surface area contributed by atoms with Gasteiger partial charge in [0.15, 0.2) is 0 Å². The molecule has 1 aromatic heterocycles. The first kappa shape index (κ1) is 30.3. The van der Waals surface area contributed by atoms with E-state index in [2.05, 4.69) is 39.1 Å². The summed E-state index contributed by atoms with van der Waals surface area (Å²) in [4.78, 5) is 18.9. The Bertz CT molecular complexity index is 1670. The van der Waals surface area contributed by atoms with Crippen molar-refractivity contribution in [3.8, 4) is 11.5 Å². The number of allylic oxidation sites excluding steroid dienone is 1. The SMILES string of the molecule is CC1=CN(CCCCCCOc2ccc(C3c4[nH]c5ccc(Cl)cc5c4CCN3C(=O)Oc3ccc(Br)cc3)cc2)N=CC1. The second-order valence-corrected chi connectivity index (χ2v) is 12.7. The molecule has 3 heterocycles. The zero-order chi connectivity index (χ0) is 30.5. The normalized spacial score (nSPS) is 16.2. The number of halogens is 2. The number of amides is 1. The van der Waals surface area contributed by atoms with Crippen LogP contribution in [0.15, 0.2) is 88.1 Å². The number of H-pyrrole nitrogens is 1. The summed E-state index contributed by atoms with van der Waals surface area (Å²) in [5, 5.41) is 8.25. The number of aromatic amines is 1. The molecule has 1 amide bonds. The Morgan fingerprint density at radius 2 is 1.80 bits per heavy atom. The number of carbonyl (C=O) groups is 1. The number of hydrogen-bond acceptors (Lipinski definition) is 5. The summed E-state index contributed by atoms with van der Waals surface area (Å²) in [5.41, 5.74) is 5.49. The predicted octanol–water partition coefficient (Wildman–Crippen LogP) is 9.26. The van der Waals surface area contributed by atoms with E-state index in [4.69, 9.17) is 21.1 Å². The Balaban J connectivity index is 1.11. The zero-order valence-corrected chi connectivity index (χ0v) is 27.1. The van der Waals surface area contributed by atoms with Crippen LogP contribution < -0.4 is 9.47 Å². The molecule has 0 saturated carbocycles. The predicted molar refractivity (Wildman–Crippen MR) is 180 cm³/mol. The molecule has 6 rings (SSSR count). The standard InChI is InChI=1S/C35H36BrClN4O3/c1-24-16-18-38-40(23-24)19-4-2-3-5-21-43-28-11-6-25(7-12-28)34-33-30(31-22-27(37)10-15-32(31)39-33)17-20-41(34)35(42)44-29-13-8-26(36)9-14-29/h6-15,18,22-23,34,39H,2-5,16-17,19-21H2,1H3. The summed E-state index contributed by atoms with van der Waals surface area (Å²) in [6, 6.07) is 20.9. The summed E-state index contributed by atoms with van der Waals surface area (Å²) >= 11 is 9.80. The first-order valence-electron chi connectivity index (χ1n) is 15.2. The molecule has 0 bridgehead atoms. The number of hydrazone groups is 1. The van der Waals surface area contributed by atoms with E-state index in [1.54, 1.807) is 17.0 Å². The Morgan fingerprint density at radius 1 is 1.02 bits per heavy atom. The van der Waals surface area contributed by atoms with E-state index >= 15 is 0 Å². The fourth-order valence-electron chi connectivity index (χ4n) is 5.88. The number of aromatic nitrogens is 1. The lowest BCUT2D eigenvalue weighted by molar-refractivity contribution is 0.135. The van der Waals surface area contributed by atoms with Gasteiger partial charge in [0.1, 0.15) is 17.5 Å². The minimum absolute atomic E-state index is 0.343. The van der Waals surface area contributed by atoms with Crippen molar-refractivity contribution in [2.75, 3.05) is 19.7 Å². The number of benzene rings is 3. The van der Waals surface area contributed by atoms with Crippen molar-refractivity contribution in [1.82, 2.24) is 14.9 Å². The van der Waals surface area contributed by atoms with Gasteiger partial charge in [0.05, 0.1) is 6.61 Å². The van der Waals surface area contributed by atoms with E-state index in [0.29, 0.717) is 30.3 Å². The highest BCUT2D eigenvalue weighted by atomic mass is 79.9. The van der Waals surface area contributed by atoms with Gasteiger partial charge in [0, 0.05) is 58.0 Å². The van der Waals surface area contributed by atoms with E-state index in [1.165, 1.54) is 11.1 Å². The monoisotopic (exact) mass is 674 g/mol. The summed E-state index contributed by atoms with van der Waals surface area (Å²) in [7, 11) is 0. The molecule has 3 aromatic carbocycles. The molecular weight excluding hydrogens is 640 g/mol. The fourth-order valence-corrected chi connectivity index (χ4v) is 6.32. The van der Waals surface area contributed by atoms with Crippen molar-refractivity contribution < 1.29 is 14.3 Å². The van der Waals surface area contributed by atoms with E-state index < -0.39 is 6.09 Å². The van der Waals surface area contributed by atoms with Gasteiger partial charge >= 0.3 is 6.09 Å². The lowest BCUT2D eigenvalue weighted by atomic mass is 9.92. The minimum Gasteiger partial charge on any atom is -0.494 e. The van der Waals surface area contributed by atoms with Gasteiger partial charge < -0.3 is 14.5 Å². The molecule has 1 atom stereocenters. The van der Waals surface area contributed by atoms with Crippen LogP contribution in [-0.2, 0) is 6.42 Å². The lowest BCUT2D eigenvalue weighted by Gasteiger charge is -2.35. The van der Waals surface area contributed by atoms with Crippen LogP contribution in [0, 0.1) is 0 Å². The third kappa shape index (κ3) is 7.13. The third-order valence-corrected chi connectivity index (χ3v) is 8.86. The van der Waals surface area contributed by atoms with Gasteiger partial charge in [0.25, 0.3) is 0 Å². The Kier molecular flexibility index (Phi) is 9.57. The highest BCUT2D eigenvalue weighted by Crippen LogP contribution is 2.40. The van der Waals surface area contributed by atoms with Gasteiger partial charge in [-0.3, -0.25) is 9.91 Å². The van der Waals surface area contributed by atoms with Crippen LogP contribution in [0.1, 0.15) is 61.9 Å². The van der Waals surface area contributed by atoms with Gasteiger partial charge in [-0.1, -0.05) is 46.1 Å². The molecule has 1 unspecified atom stereocenters. The average molecular weight is 676 g/mol. The molecule has 44 heavy (non-hydrogen) atoms. The van der Waals surface area contributed by atoms with E-state index in [1.807, 2.05) is 65.8 Å². The first-order valence-corrected chi connectivity index (χ1v) is 16.3.